The van der Waals surface area contributed by atoms with Crippen LogP contribution in [0.3, 0.4) is 0 Å². The third kappa shape index (κ3) is 4.48. The number of para-hydroxylation sites is 1. The quantitative estimate of drug-likeness (QED) is 0.484. The predicted octanol–water partition coefficient (Wildman–Crippen LogP) is 4.33. The van der Waals surface area contributed by atoms with Crippen LogP contribution in [0, 0.1) is 0 Å². The van der Waals surface area contributed by atoms with Crippen LogP contribution in [0.15, 0.2) is 48.7 Å². The number of nitrogens with one attached hydrogen (secondary N) is 3. The zero-order chi connectivity index (χ0) is 20.2. The van der Waals surface area contributed by atoms with Crippen LogP contribution in [-0.2, 0) is 0 Å². The van der Waals surface area contributed by atoms with Crippen LogP contribution in [0.2, 0.25) is 0 Å². The van der Waals surface area contributed by atoms with E-state index in [1.54, 1.807) is 7.11 Å². The molecule has 1 heterocycles. The topological polar surface area (TPSA) is 58.3 Å². The summed E-state index contributed by atoms with van der Waals surface area (Å²) in [5.41, 5.74) is 3.51. The van der Waals surface area contributed by atoms with Gasteiger partial charge in [0.2, 0.25) is 0 Å². The summed E-state index contributed by atoms with van der Waals surface area (Å²) in [6.45, 7) is 3.27. The van der Waals surface area contributed by atoms with Crippen LogP contribution >= 0.6 is 12.2 Å². The lowest BCUT2D eigenvalue weighted by Gasteiger charge is -2.21. The molecule has 3 N–H and O–H groups in total. The van der Waals surface area contributed by atoms with E-state index in [0.29, 0.717) is 19.2 Å². The molecule has 29 heavy (non-hydrogen) atoms. The molecule has 4 rings (SSSR count). The standard InChI is InChI=1S/C23H27N3O2S/c1-3-28-21-11-8-15(12-22(21)27-2)18(13-25-23(29)26-16-9-10-16)19-14-24-20-7-5-4-6-17(19)20/h4-8,11-12,14,16,18,24H,3,9-10,13H2,1-2H3,(H2,25,26,29)/t18-/m1/s1. The van der Waals surface area contributed by atoms with Crippen LogP contribution in [0.4, 0.5) is 0 Å². The van der Waals surface area contributed by atoms with Gasteiger partial charge in [-0.05, 0) is 61.3 Å². The summed E-state index contributed by atoms with van der Waals surface area (Å²) in [4.78, 5) is 3.40. The Morgan fingerprint density at radius 2 is 2.03 bits per heavy atom. The number of fused-ring (bicyclic) bond motifs is 1. The number of benzene rings is 2. The van der Waals surface area contributed by atoms with E-state index in [2.05, 4.69) is 52.1 Å². The lowest BCUT2D eigenvalue weighted by molar-refractivity contribution is 0.310. The highest BCUT2D eigenvalue weighted by Crippen LogP contribution is 2.35. The zero-order valence-electron chi connectivity index (χ0n) is 16.8. The second kappa shape index (κ2) is 8.74. The Morgan fingerprint density at radius 1 is 1.21 bits per heavy atom. The number of hydrogen-bond donors (Lipinski definition) is 3. The molecule has 1 aliphatic carbocycles. The van der Waals surface area contributed by atoms with Gasteiger partial charge in [0, 0.05) is 35.6 Å². The number of hydrogen-bond acceptors (Lipinski definition) is 3. The molecule has 0 bridgehead atoms. The number of H-pyrrole nitrogens is 1. The van der Waals surface area contributed by atoms with Crippen molar-refractivity contribution in [3.8, 4) is 11.5 Å². The van der Waals surface area contributed by atoms with Gasteiger partial charge in [0.05, 0.1) is 13.7 Å². The van der Waals surface area contributed by atoms with Gasteiger partial charge in [-0.3, -0.25) is 0 Å². The van der Waals surface area contributed by atoms with Crippen molar-refractivity contribution in [3.63, 3.8) is 0 Å². The molecule has 2 aromatic carbocycles. The molecule has 1 fully saturated rings. The summed E-state index contributed by atoms with van der Waals surface area (Å²) in [6, 6.07) is 15.1. The summed E-state index contributed by atoms with van der Waals surface area (Å²) in [5, 5.41) is 8.71. The number of thiocarbonyl (C=S) groups is 1. The van der Waals surface area contributed by atoms with Gasteiger partial charge in [-0.2, -0.15) is 0 Å². The molecule has 1 aliphatic rings. The number of aromatic nitrogens is 1. The number of ether oxygens (including phenoxy) is 2. The van der Waals surface area contributed by atoms with Gasteiger partial charge in [-0.25, -0.2) is 0 Å². The smallest absolute Gasteiger partial charge is 0.166 e. The van der Waals surface area contributed by atoms with Crippen molar-refractivity contribution < 1.29 is 9.47 Å². The predicted molar refractivity (Wildman–Crippen MR) is 121 cm³/mol. The fourth-order valence-electron chi connectivity index (χ4n) is 3.62. The Balaban J connectivity index is 1.66. The Morgan fingerprint density at radius 3 is 2.79 bits per heavy atom. The zero-order valence-corrected chi connectivity index (χ0v) is 17.6. The van der Waals surface area contributed by atoms with Crippen molar-refractivity contribution in [1.82, 2.24) is 15.6 Å². The molecule has 0 spiro atoms. The van der Waals surface area contributed by atoms with E-state index in [1.807, 2.05) is 19.1 Å². The number of aromatic amines is 1. The van der Waals surface area contributed by atoms with Gasteiger partial charge in [0.1, 0.15) is 0 Å². The lowest BCUT2D eigenvalue weighted by atomic mass is 9.90. The van der Waals surface area contributed by atoms with Gasteiger partial charge in [0.15, 0.2) is 16.6 Å². The Bertz CT molecular complexity index is 997. The maximum absolute atomic E-state index is 5.69. The minimum absolute atomic E-state index is 0.106. The van der Waals surface area contributed by atoms with Crippen LogP contribution in [0.1, 0.15) is 36.8 Å². The fraction of sp³-hybridized carbons (Fsp3) is 0.348. The van der Waals surface area contributed by atoms with E-state index in [4.69, 9.17) is 21.7 Å². The first-order valence-electron chi connectivity index (χ1n) is 10.1. The molecule has 152 valence electrons. The van der Waals surface area contributed by atoms with Gasteiger partial charge in [-0.15, -0.1) is 0 Å². The number of methoxy groups -OCH3 is 1. The molecule has 0 amide bonds. The highest BCUT2D eigenvalue weighted by molar-refractivity contribution is 7.80. The van der Waals surface area contributed by atoms with Crippen molar-refractivity contribution in [2.24, 2.45) is 0 Å². The summed E-state index contributed by atoms with van der Waals surface area (Å²) < 4.78 is 11.3. The Labute approximate surface area is 176 Å². The van der Waals surface area contributed by atoms with E-state index in [1.165, 1.54) is 23.8 Å². The second-order valence-electron chi connectivity index (χ2n) is 7.31. The lowest BCUT2D eigenvalue weighted by Crippen LogP contribution is -2.38. The fourth-order valence-corrected chi connectivity index (χ4v) is 3.87. The molecule has 0 saturated heterocycles. The molecule has 1 saturated carbocycles. The average molecular weight is 410 g/mol. The molecule has 5 nitrogen and oxygen atoms in total. The molecule has 0 unspecified atom stereocenters. The first kappa shape index (κ1) is 19.6. The maximum atomic E-state index is 5.69. The van der Waals surface area contributed by atoms with E-state index in [9.17, 15) is 0 Å². The maximum Gasteiger partial charge on any atom is 0.166 e. The molecule has 3 aromatic rings. The molecule has 0 aliphatic heterocycles. The largest absolute Gasteiger partial charge is 0.493 e. The monoisotopic (exact) mass is 409 g/mol. The Hall–Kier alpha value is -2.73. The van der Waals surface area contributed by atoms with Crippen LogP contribution in [0.25, 0.3) is 10.9 Å². The van der Waals surface area contributed by atoms with Gasteiger partial charge in [-0.1, -0.05) is 24.3 Å². The molecule has 6 heteroatoms. The minimum Gasteiger partial charge on any atom is -0.493 e. The first-order valence-corrected chi connectivity index (χ1v) is 10.5. The van der Waals surface area contributed by atoms with Crippen LogP contribution < -0.4 is 20.1 Å². The van der Waals surface area contributed by atoms with E-state index < -0.39 is 0 Å². The van der Waals surface area contributed by atoms with Crippen LogP contribution in [-0.4, -0.2) is 36.4 Å². The van der Waals surface area contributed by atoms with Crippen LogP contribution in [0.5, 0.6) is 11.5 Å². The summed E-state index contributed by atoms with van der Waals surface area (Å²) in [5.74, 6) is 1.61. The summed E-state index contributed by atoms with van der Waals surface area (Å²) in [7, 11) is 1.68. The Kier molecular flexibility index (Phi) is 5.90. The number of rotatable bonds is 8. The molecule has 0 radical (unpaired) electrons. The van der Waals surface area contributed by atoms with Gasteiger partial charge < -0.3 is 25.1 Å². The van der Waals surface area contributed by atoms with Crippen molar-refractivity contribution >= 4 is 28.2 Å². The van der Waals surface area contributed by atoms with Crippen molar-refractivity contribution in [1.29, 1.82) is 0 Å². The highest BCUT2D eigenvalue weighted by atomic mass is 32.1. The second-order valence-corrected chi connectivity index (χ2v) is 7.72. The third-order valence-electron chi connectivity index (χ3n) is 5.27. The molecular formula is C23H27N3O2S. The third-order valence-corrected chi connectivity index (χ3v) is 5.53. The average Bonchev–Trinajstić information content (AvgIpc) is 3.45. The summed E-state index contributed by atoms with van der Waals surface area (Å²) in [6.07, 6.45) is 4.49. The van der Waals surface area contributed by atoms with E-state index >= 15 is 0 Å². The molecular weight excluding hydrogens is 382 g/mol. The van der Waals surface area contributed by atoms with E-state index in [0.717, 1.165) is 27.7 Å². The highest BCUT2D eigenvalue weighted by Gasteiger charge is 2.23. The normalized spacial score (nSPS) is 14.4. The van der Waals surface area contributed by atoms with Gasteiger partial charge in [0.25, 0.3) is 0 Å². The summed E-state index contributed by atoms with van der Waals surface area (Å²) >= 11 is 5.49. The molecule has 1 aromatic heterocycles. The van der Waals surface area contributed by atoms with Crippen molar-refractivity contribution in [2.45, 2.75) is 31.7 Å². The van der Waals surface area contributed by atoms with Crippen molar-refractivity contribution in [3.05, 3.63) is 59.8 Å². The molecule has 1 atom stereocenters. The van der Waals surface area contributed by atoms with Crippen molar-refractivity contribution in [2.75, 3.05) is 20.3 Å². The minimum atomic E-state index is 0.106. The van der Waals surface area contributed by atoms with Gasteiger partial charge >= 0.3 is 0 Å². The SMILES string of the molecule is CCOc1ccc([C@@H](CNC(=S)NC2CC2)c2c[nH]c3ccccc23)cc1OC. The first-order chi connectivity index (χ1) is 14.2. The van der Waals surface area contributed by atoms with E-state index in [-0.39, 0.29) is 5.92 Å².